The van der Waals surface area contributed by atoms with Gasteiger partial charge in [-0.05, 0) is 43.2 Å². The van der Waals surface area contributed by atoms with Crippen molar-refractivity contribution in [3.8, 4) is 11.5 Å². The quantitative estimate of drug-likeness (QED) is 0.330. The van der Waals surface area contributed by atoms with Gasteiger partial charge in [0.1, 0.15) is 0 Å². The molecular formula is C21H22F2N2O5. The molecule has 0 saturated carbocycles. The van der Waals surface area contributed by atoms with Crippen LogP contribution in [0.4, 0.5) is 14.5 Å². The lowest BCUT2D eigenvalue weighted by molar-refractivity contribution is -0.384. The minimum absolute atomic E-state index is 0.0506. The number of halogens is 2. The van der Waals surface area contributed by atoms with Crippen LogP contribution < -0.4 is 9.47 Å². The van der Waals surface area contributed by atoms with Crippen LogP contribution in [0, 0.1) is 10.1 Å². The topological polar surface area (TPSA) is 81.9 Å². The maximum absolute atomic E-state index is 12.5. The van der Waals surface area contributed by atoms with E-state index in [4.69, 9.17) is 4.74 Å². The summed E-state index contributed by atoms with van der Waals surface area (Å²) >= 11 is 0. The number of carbonyl (C=O) groups is 1. The van der Waals surface area contributed by atoms with Crippen LogP contribution in [0.15, 0.2) is 48.5 Å². The molecule has 2 aromatic rings. The number of benzene rings is 2. The molecule has 0 fully saturated rings. The smallest absolute Gasteiger partial charge is 0.387 e. The Labute approximate surface area is 172 Å². The second kappa shape index (κ2) is 10.3. The van der Waals surface area contributed by atoms with Crippen LogP contribution in [-0.4, -0.2) is 36.0 Å². The van der Waals surface area contributed by atoms with Crippen molar-refractivity contribution in [3.63, 3.8) is 0 Å². The fourth-order valence-corrected chi connectivity index (χ4v) is 2.69. The van der Waals surface area contributed by atoms with E-state index in [1.807, 2.05) is 0 Å². The molecule has 0 aromatic heterocycles. The molecule has 2 aromatic carbocycles. The summed E-state index contributed by atoms with van der Waals surface area (Å²) in [5, 5.41) is 10.9. The van der Waals surface area contributed by atoms with Crippen molar-refractivity contribution >= 4 is 17.7 Å². The standard InChI is InChI=1S/C21H22F2N2O5/c1-4-29-19-12-15(8-10-18(19)30-21(22)23)9-11-20(26)24(3)14(2)16-6-5-7-17(13-16)25(27)28/h5-14,21H,4H2,1-3H3/b11-9+. The number of nitrogens with zero attached hydrogens (tertiary/aromatic N) is 2. The second-order valence-electron chi connectivity index (χ2n) is 6.33. The zero-order valence-corrected chi connectivity index (χ0v) is 16.7. The van der Waals surface area contributed by atoms with E-state index in [-0.39, 0.29) is 29.7 Å². The van der Waals surface area contributed by atoms with Gasteiger partial charge in [-0.2, -0.15) is 8.78 Å². The third kappa shape index (κ3) is 6.00. The molecule has 0 heterocycles. The van der Waals surface area contributed by atoms with Crippen molar-refractivity contribution in [2.75, 3.05) is 13.7 Å². The minimum atomic E-state index is -2.98. The van der Waals surface area contributed by atoms with Gasteiger partial charge in [0.05, 0.1) is 17.6 Å². The van der Waals surface area contributed by atoms with E-state index in [0.29, 0.717) is 11.1 Å². The maximum Gasteiger partial charge on any atom is 0.387 e. The van der Waals surface area contributed by atoms with Gasteiger partial charge in [0, 0.05) is 25.3 Å². The first-order valence-corrected chi connectivity index (χ1v) is 9.13. The molecule has 9 heteroatoms. The molecule has 0 radical (unpaired) electrons. The summed E-state index contributed by atoms with van der Waals surface area (Å²) < 4.78 is 34.7. The van der Waals surface area contributed by atoms with Gasteiger partial charge >= 0.3 is 6.61 Å². The van der Waals surface area contributed by atoms with Gasteiger partial charge in [0.2, 0.25) is 5.91 Å². The molecular weight excluding hydrogens is 398 g/mol. The van der Waals surface area contributed by atoms with Crippen molar-refractivity contribution in [2.24, 2.45) is 0 Å². The highest BCUT2D eigenvalue weighted by molar-refractivity contribution is 5.92. The molecule has 0 aliphatic carbocycles. The van der Waals surface area contributed by atoms with Crippen LogP contribution in [0.3, 0.4) is 0 Å². The second-order valence-corrected chi connectivity index (χ2v) is 6.33. The maximum atomic E-state index is 12.5. The molecule has 160 valence electrons. The van der Waals surface area contributed by atoms with Gasteiger partial charge in [-0.25, -0.2) is 0 Å². The molecule has 1 atom stereocenters. The highest BCUT2D eigenvalue weighted by Gasteiger charge is 2.18. The Morgan fingerprint density at radius 2 is 1.97 bits per heavy atom. The lowest BCUT2D eigenvalue weighted by Crippen LogP contribution is -2.28. The van der Waals surface area contributed by atoms with E-state index < -0.39 is 17.6 Å². The average Bonchev–Trinajstić information content (AvgIpc) is 2.72. The monoisotopic (exact) mass is 420 g/mol. The number of likely N-dealkylation sites (N-methyl/N-ethyl adjacent to an activating group) is 1. The Balaban J connectivity index is 2.15. The first kappa shape index (κ1) is 22.8. The molecule has 1 amide bonds. The summed E-state index contributed by atoms with van der Waals surface area (Å²) in [6.07, 6.45) is 2.85. The number of alkyl halides is 2. The largest absolute Gasteiger partial charge is 0.490 e. The van der Waals surface area contributed by atoms with Crippen LogP contribution in [0.2, 0.25) is 0 Å². The Kier molecular flexibility index (Phi) is 7.85. The lowest BCUT2D eigenvalue weighted by Gasteiger charge is -2.24. The number of rotatable bonds is 9. The predicted octanol–water partition coefficient (Wildman–Crippen LogP) is 4.83. The van der Waals surface area contributed by atoms with E-state index in [2.05, 4.69) is 4.74 Å². The van der Waals surface area contributed by atoms with Crippen LogP contribution in [0.25, 0.3) is 6.08 Å². The molecule has 7 nitrogen and oxygen atoms in total. The first-order chi connectivity index (χ1) is 14.2. The number of hydrogen-bond acceptors (Lipinski definition) is 5. The van der Waals surface area contributed by atoms with Crippen LogP contribution in [-0.2, 0) is 4.79 Å². The number of nitro benzene ring substituents is 1. The summed E-state index contributed by atoms with van der Waals surface area (Å²) in [4.78, 5) is 24.4. The molecule has 0 saturated heterocycles. The van der Waals surface area contributed by atoms with Crippen molar-refractivity contribution in [1.29, 1.82) is 0 Å². The summed E-state index contributed by atoms with van der Waals surface area (Å²) in [5.74, 6) is -0.280. The average molecular weight is 420 g/mol. The minimum Gasteiger partial charge on any atom is -0.490 e. The Hall–Kier alpha value is -3.49. The SMILES string of the molecule is CCOc1cc(/C=C/C(=O)N(C)C(C)c2cccc([N+](=O)[O-])c2)ccc1OC(F)F. The summed E-state index contributed by atoms with van der Waals surface area (Å²) in [6.45, 7) is 0.752. The van der Waals surface area contributed by atoms with E-state index in [0.717, 1.165) is 0 Å². The van der Waals surface area contributed by atoms with E-state index in [1.54, 1.807) is 33.0 Å². The van der Waals surface area contributed by atoms with Gasteiger partial charge in [0.15, 0.2) is 11.5 Å². The molecule has 0 N–H and O–H groups in total. The number of nitro groups is 1. The number of ether oxygens (including phenoxy) is 2. The molecule has 30 heavy (non-hydrogen) atoms. The molecule has 2 rings (SSSR count). The van der Waals surface area contributed by atoms with Gasteiger partial charge in [-0.3, -0.25) is 14.9 Å². The van der Waals surface area contributed by atoms with E-state index >= 15 is 0 Å². The lowest BCUT2D eigenvalue weighted by atomic mass is 10.1. The highest BCUT2D eigenvalue weighted by atomic mass is 19.3. The van der Waals surface area contributed by atoms with Crippen LogP contribution >= 0.6 is 0 Å². The Morgan fingerprint density at radius 3 is 2.60 bits per heavy atom. The number of hydrogen-bond donors (Lipinski definition) is 0. The van der Waals surface area contributed by atoms with Crippen LogP contribution in [0.5, 0.6) is 11.5 Å². The summed E-state index contributed by atoms with van der Waals surface area (Å²) in [7, 11) is 1.58. The fraction of sp³-hybridized carbons (Fsp3) is 0.286. The fourth-order valence-electron chi connectivity index (χ4n) is 2.69. The van der Waals surface area contributed by atoms with Crippen molar-refractivity contribution in [3.05, 3.63) is 69.8 Å². The summed E-state index contributed by atoms with van der Waals surface area (Å²) in [5.41, 5.74) is 1.13. The van der Waals surface area contributed by atoms with Crippen LogP contribution in [0.1, 0.15) is 31.0 Å². The van der Waals surface area contributed by atoms with Gasteiger partial charge in [-0.15, -0.1) is 0 Å². The molecule has 0 spiro atoms. The van der Waals surface area contributed by atoms with Crippen molar-refractivity contribution in [2.45, 2.75) is 26.5 Å². The zero-order chi connectivity index (χ0) is 22.3. The number of carbonyl (C=O) groups excluding carboxylic acids is 1. The predicted molar refractivity (Wildman–Crippen MR) is 108 cm³/mol. The molecule has 1 unspecified atom stereocenters. The molecule has 0 aliphatic heterocycles. The van der Waals surface area contributed by atoms with Gasteiger partial charge in [0.25, 0.3) is 5.69 Å². The first-order valence-electron chi connectivity index (χ1n) is 9.13. The molecule has 0 bridgehead atoms. The van der Waals surface area contributed by atoms with Crippen molar-refractivity contribution < 1.29 is 28.0 Å². The zero-order valence-electron chi connectivity index (χ0n) is 16.7. The summed E-state index contributed by atoms with van der Waals surface area (Å²) in [6, 6.07) is 10.0. The third-order valence-corrected chi connectivity index (χ3v) is 4.39. The van der Waals surface area contributed by atoms with E-state index in [9.17, 15) is 23.7 Å². The third-order valence-electron chi connectivity index (χ3n) is 4.39. The highest BCUT2D eigenvalue weighted by Crippen LogP contribution is 2.30. The number of amides is 1. The van der Waals surface area contributed by atoms with Gasteiger partial charge in [-0.1, -0.05) is 18.2 Å². The van der Waals surface area contributed by atoms with Gasteiger partial charge < -0.3 is 14.4 Å². The van der Waals surface area contributed by atoms with E-state index in [1.165, 1.54) is 47.4 Å². The number of non-ortho nitro benzene ring substituents is 1. The van der Waals surface area contributed by atoms with Crippen molar-refractivity contribution in [1.82, 2.24) is 4.90 Å². The normalized spacial score (nSPS) is 12.1. The Bertz CT molecular complexity index is 933. The molecule has 0 aliphatic rings. The Morgan fingerprint density at radius 1 is 1.23 bits per heavy atom.